The van der Waals surface area contributed by atoms with Crippen LogP contribution in [0.2, 0.25) is 0 Å². The molecule has 0 aliphatic heterocycles. The van der Waals surface area contributed by atoms with Gasteiger partial charge in [-0.3, -0.25) is 0 Å². The number of thiocarbonyl (C=S) groups is 2. The average molecular weight is 475 g/mol. The van der Waals surface area contributed by atoms with E-state index in [2.05, 4.69) is 80.6 Å². The third kappa shape index (κ3) is 9.12. The molecule has 8 heteroatoms. The van der Waals surface area contributed by atoms with Crippen molar-refractivity contribution in [3.8, 4) is 0 Å². The molecule has 0 aromatic carbocycles. The molecule has 2 atom stereocenters. The predicted molar refractivity (Wildman–Crippen MR) is 135 cm³/mol. The minimum Gasteiger partial charge on any atom is -0.460 e. The Morgan fingerprint density at radius 1 is 0.731 bits per heavy atom. The highest BCUT2D eigenvalue weighted by Gasteiger charge is 2.45. The second-order valence-electron chi connectivity index (χ2n) is 8.03. The van der Waals surface area contributed by atoms with Gasteiger partial charge in [-0.1, -0.05) is 80.6 Å². The van der Waals surface area contributed by atoms with Gasteiger partial charge in [0.15, 0.2) is 9.87 Å². The van der Waals surface area contributed by atoms with Crippen LogP contribution in [0.15, 0.2) is 0 Å². The molecule has 154 valence electrons. The van der Waals surface area contributed by atoms with Crippen LogP contribution in [0, 0.1) is 23.7 Å². The second kappa shape index (κ2) is 12.0. The van der Waals surface area contributed by atoms with Gasteiger partial charge in [0.2, 0.25) is 8.77 Å². The third-order valence-electron chi connectivity index (χ3n) is 3.99. The fraction of sp³-hybridized carbons (Fsp3) is 0.889. The van der Waals surface area contributed by atoms with Crippen molar-refractivity contribution in [2.75, 3.05) is 0 Å². The molecule has 0 spiro atoms. The fourth-order valence-electron chi connectivity index (χ4n) is 2.66. The SMILES string of the molecule is CC(C)CC(OC(=S)S)(SSC(CC(C)C)(OC(=S)S)C(C)C)C(C)C. The average Bonchev–Trinajstić information content (AvgIpc) is 2.41. The summed E-state index contributed by atoms with van der Waals surface area (Å²) in [5, 5.41) is 0. The molecule has 0 aliphatic carbocycles. The summed E-state index contributed by atoms with van der Waals surface area (Å²) in [6.45, 7) is 17.4. The van der Waals surface area contributed by atoms with Gasteiger partial charge in [0, 0.05) is 24.7 Å². The van der Waals surface area contributed by atoms with Crippen LogP contribution in [0.25, 0.3) is 0 Å². The Morgan fingerprint density at radius 2 is 1.00 bits per heavy atom. The minimum atomic E-state index is -0.476. The van der Waals surface area contributed by atoms with Gasteiger partial charge in [-0.15, -0.1) is 0 Å². The lowest BCUT2D eigenvalue weighted by Crippen LogP contribution is -2.40. The molecule has 26 heavy (non-hydrogen) atoms. The lowest BCUT2D eigenvalue weighted by molar-refractivity contribution is 0.0854. The smallest absolute Gasteiger partial charge is 0.218 e. The maximum Gasteiger partial charge on any atom is 0.218 e. The number of hydrogen-bond donors (Lipinski definition) is 2. The highest BCUT2D eigenvalue weighted by Crippen LogP contribution is 2.55. The molecule has 0 aliphatic rings. The minimum absolute atomic E-state index is 0.249. The zero-order valence-electron chi connectivity index (χ0n) is 17.1. The quantitative estimate of drug-likeness (QED) is 0.138. The molecule has 0 bridgehead atoms. The van der Waals surface area contributed by atoms with E-state index in [1.165, 1.54) is 0 Å². The summed E-state index contributed by atoms with van der Waals surface area (Å²) in [6.07, 6.45) is 1.73. The summed E-state index contributed by atoms with van der Waals surface area (Å²) in [7, 11) is 3.38. The lowest BCUT2D eigenvalue weighted by Gasteiger charge is -2.43. The maximum atomic E-state index is 6.13. The molecule has 0 aromatic heterocycles. The Kier molecular flexibility index (Phi) is 12.6. The molecular weight excluding hydrogens is 441 g/mol. The van der Waals surface area contributed by atoms with Gasteiger partial charge in [-0.2, -0.15) is 0 Å². The van der Waals surface area contributed by atoms with Crippen LogP contribution >= 0.6 is 71.3 Å². The van der Waals surface area contributed by atoms with E-state index in [0.29, 0.717) is 11.8 Å². The van der Waals surface area contributed by atoms with Crippen LogP contribution in [0.5, 0.6) is 0 Å². The van der Waals surface area contributed by atoms with E-state index in [9.17, 15) is 0 Å². The summed E-state index contributed by atoms with van der Waals surface area (Å²) in [4.78, 5) is -0.952. The molecule has 0 fully saturated rings. The molecule has 0 rings (SSSR count). The number of hydrogen-bond acceptors (Lipinski definition) is 6. The first-order valence-electron chi connectivity index (χ1n) is 8.97. The van der Waals surface area contributed by atoms with Crippen LogP contribution in [0.3, 0.4) is 0 Å². The highest BCUT2D eigenvalue weighted by atomic mass is 33.1. The lowest BCUT2D eigenvalue weighted by atomic mass is 9.96. The normalized spacial score (nSPS) is 16.7. The summed E-state index contributed by atoms with van der Waals surface area (Å²) in [5.74, 6) is 1.41. The van der Waals surface area contributed by atoms with Crippen molar-refractivity contribution < 1.29 is 9.47 Å². The molecule has 0 saturated carbocycles. The van der Waals surface area contributed by atoms with E-state index in [0.717, 1.165) is 12.8 Å². The molecule has 2 nitrogen and oxygen atoms in total. The predicted octanol–water partition coefficient (Wildman–Crippen LogP) is 7.63. The third-order valence-corrected chi connectivity index (χ3v) is 8.37. The van der Waals surface area contributed by atoms with Crippen molar-refractivity contribution in [1.29, 1.82) is 0 Å². The highest BCUT2D eigenvalue weighted by molar-refractivity contribution is 8.77. The molecule has 0 amide bonds. The molecule has 0 heterocycles. The summed E-state index contributed by atoms with van der Waals surface area (Å²) in [5.41, 5.74) is 0. The number of thiol groups is 2. The van der Waals surface area contributed by atoms with Crippen molar-refractivity contribution in [2.45, 2.75) is 78.1 Å². The topological polar surface area (TPSA) is 18.5 Å². The first-order valence-corrected chi connectivity index (χ1v) is 12.8. The zero-order chi connectivity index (χ0) is 20.7. The van der Waals surface area contributed by atoms with Gasteiger partial charge in [0.05, 0.1) is 0 Å². The largest absolute Gasteiger partial charge is 0.460 e. The Labute approximate surface area is 190 Å². The van der Waals surface area contributed by atoms with E-state index in [1.807, 2.05) is 0 Å². The fourth-order valence-corrected chi connectivity index (χ4v) is 7.83. The van der Waals surface area contributed by atoms with Crippen LogP contribution < -0.4 is 0 Å². The molecule has 0 saturated heterocycles. The Hall–Kier alpha value is 1.18. The maximum absolute atomic E-state index is 6.13. The number of ether oxygens (including phenoxy) is 2. The van der Waals surface area contributed by atoms with Gasteiger partial charge >= 0.3 is 0 Å². The Morgan fingerprint density at radius 3 is 1.15 bits per heavy atom. The van der Waals surface area contributed by atoms with E-state index < -0.39 is 9.87 Å². The van der Waals surface area contributed by atoms with E-state index in [1.54, 1.807) is 21.6 Å². The van der Waals surface area contributed by atoms with Crippen molar-refractivity contribution in [3.63, 3.8) is 0 Å². The van der Waals surface area contributed by atoms with Gasteiger partial charge in [-0.25, -0.2) is 0 Å². The van der Waals surface area contributed by atoms with Gasteiger partial charge in [0.25, 0.3) is 0 Å². The van der Waals surface area contributed by atoms with Gasteiger partial charge < -0.3 is 9.47 Å². The Balaban J connectivity index is 5.80. The van der Waals surface area contributed by atoms with Crippen LogP contribution in [-0.2, 0) is 9.47 Å². The second-order valence-corrected chi connectivity index (χ2v) is 12.9. The van der Waals surface area contributed by atoms with E-state index >= 15 is 0 Å². The van der Waals surface area contributed by atoms with Gasteiger partial charge in [-0.05, 0) is 57.9 Å². The van der Waals surface area contributed by atoms with Crippen LogP contribution in [0.4, 0.5) is 0 Å². The first-order chi connectivity index (χ1) is 11.8. The zero-order valence-corrected chi connectivity index (χ0v) is 22.1. The van der Waals surface area contributed by atoms with Crippen LogP contribution in [-0.4, -0.2) is 18.6 Å². The summed E-state index contributed by atoms with van der Waals surface area (Å²) >= 11 is 18.8. The van der Waals surface area contributed by atoms with Gasteiger partial charge in [0.1, 0.15) is 0 Å². The summed E-state index contributed by atoms with van der Waals surface area (Å²) in [6, 6.07) is 0. The van der Waals surface area contributed by atoms with Crippen molar-refractivity contribution >= 4 is 80.0 Å². The first kappa shape index (κ1) is 27.2. The Bertz CT molecular complexity index is 425. The molecule has 0 radical (unpaired) electrons. The van der Waals surface area contributed by atoms with Crippen molar-refractivity contribution in [1.82, 2.24) is 0 Å². The number of rotatable bonds is 11. The standard InChI is InChI=1S/C18H34O2S6/c1-11(2)9-17(13(5)6,19-15(21)22)25-26-18(14(7)8,10-12(3)4)20-16(23)24/h11-14H,9-10H2,1-8H3,(H,21,22)(H,23,24). The van der Waals surface area contributed by atoms with Crippen LogP contribution in [0.1, 0.15) is 68.2 Å². The summed E-state index contributed by atoms with van der Waals surface area (Å²) < 4.78 is 12.8. The van der Waals surface area contributed by atoms with E-state index in [-0.39, 0.29) is 20.6 Å². The van der Waals surface area contributed by atoms with E-state index in [4.69, 9.17) is 33.9 Å². The van der Waals surface area contributed by atoms with Crippen molar-refractivity contribution in [2.24, 2.45) is 23.7 Å². The monoisotopic (exact) mass is 474 g/mol. The van der Waals surface area contributed by atoms with Crippen molar-refractivity contribution in [3.05, 3.63) is 0 Å². The molecule has 2 unspecified atom stereocenters. The molecular formula is C18H34O2S6. The molecule has 0 aromatic rings. The molecule has 0 N–H and O–H groups in total.